The van der Waals surface area contributed by atoms with Gasteiger partial charge >= 0.3 is 5.97 Å². The van der Waals surface area contributed by atoms with Crippen molar-refractivity contribution in [1.82, 2.24) is 5.43 Å². The molecule has 0 bridgehead atoms. The van der Waals surface area contributed by atoms with Crippen molar-refractivity contribution >= 4 is 41.3 Å². The lowest BCUT2D eigenvalue weighted by Gasteiger charge is -2.12. The average Bonchev–Trinajstić information content (AvgIpc) is 2.75. The van der Waals surface area contributed by atoms with Gasteiger partial charge in [-0.25, -0.2) is 10.2 Å². The summed E-state index contributed by atoms with van der Waals surface area (Å²) in [6.45, 7) is 4.06. The van der Waals surface area contributed by atoms with Crippen LogP contribution >= 0.6 is 23.2 Å². The number of aryl methyl sites for hydroxylation is 1. The Morgan fingerprint density at radius 1 is 0.969 bits per heavy atom. The van der Waals surface area contributed by atoms with Crippen molar-refractivity contribution in [2.24, 2.45) is 5.10 Å². The Labute approximate surface area is 195 Å². The van der Waals surface area contributed by atoms with Gasteiger partial charge in [0.2, 0.25) is 0 Å². The fourth-order valence-electron chi connectivity index (χ4n) is 2.77. The molecule has 8 heteroatoms. The molecule has 0 radical (unpaired) electrons. The summed E-state index contributed by atoms with van der Waals surface area (Å²) in [5, 5.41) is 4.61. The SMILES string of the molecule is CCOc1cc(/C=N/NC(=O)c2ccc(C)cc2Cl)ccc1OC(=O)c1ccccc1Cl. The lowest BCUT2D eigenvalue weighted by Crippen LogP contribution is -2.18. The van der Waals surface area contributed by atoms with Gasteiger partial charge in [-0.3, -0.25) is 4.79 Å². The number of rotatable bonds is 7. The Hall–Kier alpha value is -3.35. The number of benzene rings is 3. The van der Waals surface area contributed by atoms with Crippen LogP contribution in [-0.4, -0.2) is 24.7 Å². The molecule has 32 heavy (non-hydrogen) atoms. The van der Waals surface area contributed by atoms with Crippen LogP contribution in [0.4, 0.5) is 0 Å². The van der Waals surface area contributed by atoms with E-state index in [0.717, 1.165) is 5.56 Å². The molecule has 0 saturated carbocycles. The third-order valence-electron chi connectivity index (χ3n) is 4.31. The second kappa shape index (κ2) is 10.8. The van der Waals surface area contributed by atoms with E-state index < -0.39 is 11.9 Å². The smallest absolute Gasteiger partial charge is 0.345 e. The Balaban J connectivity index is 1.73. The predicted octanol–water partition coefficient (Wildman–Crippen LogP) is 5.68. The van der Waals surface area contributed by atoms with Gasteiger partial charge in [-0.2, -0.15) is 5.10 Å². The van der Waals surface area contributed by atoms with Gasteiger partial charge in [0.15, 0.2) is 11.5 Å². The molecule has 0 atom stereocenters. The molecular weight excluding hydrogens is 451 g/mol. The summed E-state index contributed by atoms with van der Waals surface area (Å²) in [6.07, 6.45) is 1.45. The summed E-state index contributed by atoms with van der Waals surface area (Å²) in [5.74, 6) is -0.434. The van der Waals surface area contributed by atoms with Crippen molar-refractivity contribution in [2.45, 2.75) is 13.8 Å². The number of halogens is 2. The zero-order valence-corrected chi connectivity index (χ0v) is 18.9. The van der Waals surface area contributed by atoms with E-state index in [-0.39, 0.29) is 11.3 Å². The van der Waals surface area contributed by atoms with Crippen LogP contribution in [0.3, 0.4) is 0 Å². The zero-order valence-electron chi connectivity index (χ0n) is 17.4. The minimum atomic E-state index is -0.597. The molecule has 0 spiro atoms. The second-order valence-corrected chi connectivity index (χ2v) is 7.51. The first-order valence-corrected chi connectivity index (χ1v) is 10.5. The van der Waals surface area contributed by atoms with E-state index in [2.05, 4.69) is 10.5 Å². The molecule has 0 heterocycles. The van der Waals surface area contributed by atoms with Gasteiger partial charge in [0.1, 0.15) is 0 Å². The maximum atomic E-state index is 12.5. The molecule has 3 aromatic carbocycles. The minimum Gasteiger partial charge on any atom is -0.490 e. The van der Waals surface area contributed by atoms with E-state index in [4.69, 9.17) is 32.7 Å². The molecule has 3 aromatic rings. The molecule has 0 aliphatic heterocycles. The molecular formula is C24H20Cl2N2O4. The Morgan fingerprint density at radius 2 is 1.75 bits per heavy atom. The molecule has 3 rings (SSSR count). The van der Waals surface area contributed by atoms with E-state index >= 15 is 0 Å². The fourth-order valence-corrected chi connectivity index (χ4v) is 3.30. The summed E-state index contributed by atoms with van der Waals surface area (Å²) in [7, 11) is 0. The number of ether oxygens (including phenoxy) is 2. The first kappa shape index (κ1) is 23.3. The lowest BCUT2D eigenvalue weighted by atomic mass is 10.1. The number of esters is 1. The maximum absolute atomic E-state index is 12.5. The van der Waals surface area contributed by atoms with Crippen molar-refractivity contribution in [1.29, 1.82) is 0 Å². The topological polar surface area (TPSA) is 77.0 Å². The number of nitrogens with one attached hydrogen (secondary N) is 1. The highest BCUT2D eigenvalue weighted by Gasteiger charge is 2.15. The van der Waals surface area contributed by atoms with E-state index in [1.54, 1.807) is 60.7 Å². The van der Waals surface area contributed by atoms with Gasteiger partial charge < -0.3 is 9.47 Å². The second-order valence-electron chi connectivity index (χ2n) is 6.69. The largest absolute Gasteiger partial charge is 0.490 e. The molecule has 0 aliphatic rings. The van der Waals surface area contributed by atoms with Crippen LogP contribution in [0.25, 0.3) is 0 Å². The highest BCUT2D eigenvalue weighted by Crippen LogP contribution is 2.29. The third-order valence-corrected chi connectivity index (χ3v) is 4.96. The van der Waals surface area contributed by atoms with Gasteiger partial charge in [0, 0.05) is 0 Å². The quantitative estimate of drug-likeness (QED) is 0.208. The highest BCUT2D eigenvalue weighted by atomic mass is 35.5. The molecule has 0 fully saturated rings. The summed E-state index contributed by atoms with van der Waals surface area (Å²) < 4.78 is 11.1. The van der Waals surface area contributed by atoms with Crippen LogP contribution < -0.4 is 14.9 Å². The van der Waals surface area contributed by atoms with Gasteiger partial charge in [-0.15, -0.1) is 0 Å². The van der Waals surface area contributed by atoms with Gasteiger partial charge in [-0.1, -0.05) is 41.4 Å². The van der Waals surface area contributed by atoms with Crippen molar-refractivity contribution in [3.63, 3.8) is 0 Å². The zero-order chi connectivity index (χ0) is 23.1. The predicted molar refractivity (Wildman–Crippen MR) is 125 cm³/mol. The molecule has 0 unspecified atom stereocenters. The van der Waals surface area contributed by atoms with Crippen molar-refractivity contribution in [2.75, 3.05) is 6.61 Å². The Bertz CT molecular complexity index is 1180. The highest BCUT2D eigenvalue weighted by molar-refractivity contribution is 6.34. The number of hydrazone groups is 1. The first-order chi connectivity index (χ1) is 15.4. The standard InChI is InChI=1S/C24H20Cl2N2O4/c1-3-31-22-13-16(14-27-28-23(29)17-10-8-15(2)12-20(17)26)9-11-21(22)32-24(30)18-6-4-5-7-19(18)25/h4-14H,3H2,1-2H3,(H,28,29)/b27-14+. The molecule has 0 aromatic heterocycles. The molecule has 0 aliphatic carbocycles. The monoisotopic (exact) mass is 470 g/mol. The van der Waals surface area contributed by atoms with E-state index in [1.165, 1.54) is 6.21 Å². The van der Waals surface area contributed by atoms with Crippen molar-refractivity contribution in [3.05, 3.63) is 93.0 Å². The van der Waals surface area contributed by atoms with Gasteiger partial charge in [0.05, 0.1) is 34.0 Å². The van der Waals surface area contributed by atoms with E-state index in [0.29, 0.717) is 33.5 Å². The Kier molecular flexibility index (Phi) is 7.87. The van der Waals surface area contributed by atoms with Gasteiger partial charge in [0.25, 0.3) is 5.91 Å². The van der Waals surface area contributed by atoms with E-state index in [9.17, 15) is 9.59 Å². The molecule has 0 saturated heterocycles. The lowest BCUT2D eigenvalue weighted by molar-refractivity contribution is 0.0728. The van der Waals surface area contributed by atoms with Crippen molar-refractivity contribution in [3.8, 4) is 11.5 Å². The number of carbonyl (C=O) groups excluding carboxylic acids is 2. The number of amides is 1. The van der Waals surface area contributed by atoms with Crippen LogP contribution in [0.5, 0.6) is 11.5 Å². The normalized spacial score (nSPS) is 10.8. The number of hydrogen-bond acceptors (Lipinski definition) is 5. The maximum Gasteiger partial charge on any atom is 0.345 e. The summed E-state index contributed by atoms with van der Waals surface area (Å²) in [6, 6.07) is 16.7. The van der Waals surface area contributed by atoms with Crippen LogP contribution in [0.1, 0.15) is 38.8 Å². The number of carbonyl (C=O) groups is 2. The molecule has 6 nitrogen and oxygen atoms in total. The molecule has 1 N–H and O–H groups in total. The number of hydrogen-bond donors (Lipinski definition) is 1. The Morgan fingerprint density at radius 3 is 2.47 bits per heavy atom. The van der Waals surface area contributed by atoms with Crippen LogP contribution in [0.2, 0.25) is 10.0 Å². The van der Waals surface area contributed by atoms with Crippen LogP contribution in [0, 0.1) is 6.92 Å². The van der Waals surface area contributed by atoms with E-state index in [1.807, 2.05) is 13.8 Å². The molecule has 164 valence electrons. The fraction of sp³-hybridized carbons (Fsp3) is 0.125. The number of nitrogens with zero attached hydrogens (tertiary/aromatic N) is 1. The first-order valence-electron chi connectivity index (χ1n) is 9.72. The van der Waals surface area contributed by atoms with Crippen LogP contribution in [-0.2, 0) is 0 Å². The van der Waals surface area contributed by atoms with Crippen molar-refractivity contribution < 1.29 is 19.1 Å². The summed E-state index contributed by atoms with van der Waals surface area (Å²) in [5.41, 5.74) is 4.59. The average molecular weight is 471 g/mol. The van der Waals surface area contributed by atoms with Gasteiger partial charge in [-0.05, 0) is 67.4 Å². The third kappa shape index (κ3) is 5.87. The summed E-state index contributed by atoms with van der Waals surface area (Å²) >= 11 is 12.2. The summed E-state index contributed by atoms with van der Waals surface area (Å²) in [4.78, 5) is 24.7. The minimum absolute atomic E-state index is 0.240. The van der Waals surface area contributed by atoms with Crippen LogP contribution in [0.15, 0.2) is 65.8 Å². The molecule has 1 amide bonds.